The fourth-order valence-corrected chi connectivity index (χ4v) is 2.11. The van der Waals surface area contributed by atoms with E-state index in [-0.39, 0.29) is 18.0 Å². The van der Waals surface area contributed by atoms with Gasteiger partial charge < -0.3 is 5.32 Å². The minimum atomic E-state index is -3.27. The first kappa shape index (κ1) is 14.8. The van der Waals surface area contributed by atoms with Crippen molar-refractivity contribution >= 4 is 15.5 Å². The first-order chi connectivity index (χ1) is 8.24. The second-order valence-corrected chi connectivity index (χ2v) is 6.77. The maximum absolute atomic E-state index is 13.2. The predicted molar refractivity (Wildman–Crippen MR) is 63.7 cm³/mol. The molecule has 0 bridgehead atoms. The molecule has 0 aliphatic carbocycles. The predicted octanol–water partition coefficient (Wildman–Crippen LogP) is 2.34. The summed E-state index contributed by atoms with van der Waals surface area (Å²) in [4.78, 5) is 0. The third-order valence-corrected chi connectivity index (χ3v) is 4.62. The lowest BCUT2D eigenvalue weighted by atomic mass is 10.3. The number of anilines is 1. The zero-order chi connectivity index (χ0) is 13.9. The van der Waals surface area contributed by atoms with Crippen LogP contribution in [-0.4, -0.2) is 26.0 Å². The van der Waals surface area contributed by atoms with Crippen LogP contribution in [-0.2, 0) is 9.84 Å². The Morgan fingerprint density at radius 2 is 1.83 bits per heavy atom. The van der Waals surface area contributed by atoms with Crippen LogP contribution in [0.15, 0.2) is 12.1 Å². The van der Waals surface area contributed by atoms with Crippen LogP contribution < -0.4 is 5.32 Å². The van der Waals surface area contributed by atoms with Gasteiger partial charge in [0.25, 0.3) is 0 Å². The fourth-order valence-electron chi connectivity index (χ4n) is 1.25. The van der Waals surface area contributed by atoms with Gasteiger partial charge in [-0.3, -0.25) is 0 Å². The third-order valence-electron chi connectivity index (χ3n) is 2.41. The summed E-state index contributed by atoms with van der Waals surface area (Å²) in [5.74, 6) is -3.70. The smallest absolute Gasteiger partial charge is 0.182 e. The SMILES string of the molecule is CC(C)S(=O)(=O)CCNc1cc(F)cc(F)c1F. The highest BCUT2D eigenvalue weighted by molar-refractivity contribution is 7.92. The molecule has 0 saturated carbocycles. The molecule has 0 atom stereocenters. The number of sulfone groups is 1. The molecule has 0 radical (unpaired) electrons. The summed E-state index contributed by atoms with van der Waals surface area (Å²) in [7, 11) is -3.27. The molecule has 0 aliphatic rings. The van der Waals surface area contributed by atoms with E-state index < -0.39 is 32.5 Å². The quantitative estimate of drug-likeness (QED) is 0.843. The Balaban J connectivity index is 2.71. The number of hydrogen-bond donors (Lipinski definition) is 1. The van der Waals surface area contributed by atoms with Gasteiger partial charge in [0.2, 0.25) is 0 Å². The van der Waals surface area contributed by atoms with Crippen molar-refractivity contribution in [3.8, 4) is 0 Å². The second-order valence-electron chi connectivity index (χ2n) is 4.09. The molecule has 0 fully saturated rings. The molecule has 102 valence electrons. The van der Waals surface area contributed by atoms with Gasteiger partial charge in [0.15, 0.2) is 21.5 Å². The maximum atomic E-state index is 13.2. The van der Waals surface area contributed by atoms with Crippen LogP contribution in [0.25, 0.3) is 0 Å². The Labute approximate surface area is 104 Å². The van der Waals surface area contributed by atoms with E-state index in [1.165, 1.54) is 13.8 Å². The number of rotatable bonds is 5. The van der Waals surface area contributed by atoms with Crippen molar-refractivity contribution < 1.29 is 21.6 Å². The van der Waals surface area contributed by atoms with Crippen LogP contribution in [0, 0.1) is 17.5 Å². The number of benzene rings is 1. The van der Waals surface area contributed by atoms with Gasteiger partial charge in [0.05, 0.1) is 16.7 Å². The van der Waals surface area contributed by atoms with Crippen molar-refractivity contribution in [2.24, 2.45) is 0 Å². The Hall–Kier alpha value is -1.24. The van der Waals surface area contributed by atoms with Crippen LogP contribution in [0.5, 0.6) is 0 Å². The minimum absolute atomic E-state index is 0.111. The van der Waals surface area contributed by atoms with E-state index in [0.29, 0.717) is 6.07 Å². The molecule has 1 rings (SSSR count). The summed E-state index contributed by atoms with van der Waals surface area (Å²) in [5.41, 5.74) is -0.383. The van der Waals surface area contributed by atoms with Crippen molar-refractivity contribution in [1.29, 1.82) is 0 Å². The van der Waals surface area contributed by atoms with E-state index in [2.05, 4.69) is 5.32 Å². The molecule has 0 heterocycles. The molecule has 0 spiro atoms. The topological polar surface area (TPSA) is 46.2 Å². The normalized spacial score (nSPS) is 11.9. The van der Waals surface area contributed by atoms with Gasteiger partial charge in [-0.2, -0.15) is 0 Å². The average Bonchev–Trinajstić information content (AvgIpc) is 2.24. The summed E-state index contributed by atoms with van der Waals surface area (Å²) in [6.45, 7) is 2.94. The first-order valence-corrected chi connectivity index (χ1v) is 7.05. The summed E-state index contributed by atoms with van der Waals surface area (Å²) < 4.78 is 61.8. The van der Waals surface area contributed by atoms with Crippen molar-refractivity contribution in [3.05, 3.63) is 29.6 Å². The van der Waals surface area contributed by atoms with Crippen molar-refractivity contribution in [1.82, 2.24) is 0 Å². The second kappa shape index (κ2) is 5.60. The zero-order valence-electron chi connectivity index (χ0n) is 10.0. The Kier molecular flexibility index (Phi) is 4.61. The van der Waals surface area contributed by atoms with E-state index in [1.54, 1.807) is 0 Å². The standard InChI is InChI=1S/C11H14F3NO2S/c1-7(2)18(16,17)4-3-15-10-6-8(12)5-9(13)11(10)14/h5-7,15H,3-4H2,1-2H3. The Bertz CT molecular complexity index is 529. The molecule has 18 heavy (non-hydrogen) atoms. The van der Waals surface area contributed by atoms with Crippen LogP contribution in [0.4, 0.5) is 18.9 Å². The molecule has 1 aromatic carbocycles. The molecule has 0 amide bonds. The molecular weight excluding hydrogens is 267 g/mol. The van der Waals surface area contributed by atoms with Gasteiger partial charge in [-0.05, 0) is 13.8 Å². The highest BCUT2D eigenvalue weighted by Crippen LogP contribution is 2.18. The van der Waals surface area contributed by atoms with Gasteiger partial charge >= 0.3 is 0 Å². The fraction of sp³-hybridized carbons (Fsp3) is 0.455. The van der Waals surface area contributed by atoms with Gasteiger partial charge in [-0.1, -0.05) is 0 Å². The van der Waals surface area contributed by atoms with Crippen LogP contribution in [0.3, 0.4) is 0 Å². The molecular formula is C11H14F3NO2S. The molecule has 1 N–H and O–H groups in total. The lowest BCUT2D eigenvalue weighted by Gasteiger charge is -2.10. The Morgan fingerprint density at radius 1 is 1.22 bits per heavy atom. The van der Waals surface area contributed by atoms with E-state index >= 15 is 0 Å². The summed E-state index contributed by atoms with van der Waals surface area (Å²) in [6.07, 6.45) is 0. The summed E-state index contributed by atoms with van der Waals surface area (Å²) in [6, 6.07) is 1.20. The maximum Gasteiger partial charge on any atom is 0.182 e. The van der Waals surface area contributed by atoms with E-state index in [0.717, 1.165) is 6.07 Å². The molecule has 0 saturated heterocycles. The lowest BCUT2D eigenvalue weighted by Crippen LogP contribution is -2.23. The van der Waals surface area contributed by atoms with Crippen molar-refractivity contribution in [2.75, 3.05) is 17.6 Å². The van der Waals surface area contributed by atoms with Crippen LogP contribution in [0.1, 0.15) is 13.8 Å². The summed E-state index contributed by atoms with van der Waals surface area (Å²) in [5, 5.41) is 1.82. The summed E-state index contributed by atoms with van der Waals surface area (Å²) >= 11 is 0. The van der Waals surface area contributed by atoms with E-state index in [9.17, 15) is 21.6 Å². The van der Waals surface area contributed by atoms with Crippen LogP contribution >= 0.6 is 0 Å². The van der Waals surface area contributed by atoms with Gasteiger partial charge in [-0.15, -0.1) is 0 Å². The number of hydrogen-bond acceptors (Lipinski definition) is 3. The highest BCUT2D eigenvalue weighted by atomic mass is 32.2. The van der Waals surface area contributed by atoms with E-state index in [4.69, 9.17) is 0 Å². The molecule has 1 aromatic rings. The third kappa shape index (κ3) is 3.63. The Morgan fingerprint density at radius 3 is 2.39 bits per heavy atom. The molecule has 0 unspecified atom stereocenters. The van der Waals surface area contributed by atoms with Gasteiger partial charge in [-0.25, -0.2) is 21.6 Å². The molecule has 0 aromatic heterocycles. The molecule has 0 aliphatic heterocycles. The first-order valence-electron chi connectivity index (χ1n) is 5.34. The minimum Gasteiger partial charge on any atom is -0.381 e. The largest absolute Gasteiger partial charge is 0.381 e. The highest BCUT2D eigenvalue weighted by Gasteiger charge is 2.16. The lowest BCUT2D eigenvalue weighted by molar-refractivity contribution is 0.497. The van der Waals surface area contributed by atoms with Gasteiger partial charge in [0.1, 0.15) is 5.82 Å². The number of nitrogens with one attached hydrogen (secondary N) is 1. The van der Waals surface area contributed by atoms with Crippen molar-refractivity contribution in [2.45, 2.75) is 19.1 Å². The monoisotopic (exact) mass is 281 g/mol. The van der Waals surface area contributed by atoms with E-state index in [1.807, 2.05) is 0 Å². The number of halogens is 3. The molecule has 3 nitrogen and oxygen atoms in total. The molecule has 7 heteroatoms. The van der Waals surface area contributed by atoms with Gasteiger partial charge in [0, 0.05) is 18.7 Å². The average molecular weight is 281 g/mol. The van der Waals surface area contributed by atoms with Crippen molar-refractivity contribution in [3.63, 3.8) is 0 Å². The van der Waals surface area contributed by atoms with Crippen LogP contribution in [0.2, 0.25) is 0 Å². The zero-order valence-corrected chi connectivity index (χ0v) is 10.8.